The molecule has 1 unspecified atom stereocenters. The molecule has 0 spiro atoms. The van der Waals surface area contributed by atoms with Gasteiger partial charge < -0.3 is 10.5 Å². The lowest BCUT2D eigenvalue weighted by Crippen LogP contribution is -2.03. The van der Waals surface area contributed by atoms with Gasteiger partial charge >= 0.3 is 0 Å². The first-order chi connectivity index (χ1) is 10.0. The van der Waals surface area contributed by atoms with Crippen molar-refractivity contribution >= 4 is 22.2 Å². The maximum atomic E-state index is 12.4. The normalized spacial score (nSPS) is 11.9. The van der Waals surface area contributed by atoms with Crippen molar-refractivity contribution in [3.8, 4) is 5.75 Å². The van der Waals surface area contributed by atoms with Crippen molar-refractivity contribution in [1.29, 1.82) is 0 Å². The van der Waals surface area contributed by atoms with Crippen molar-refractivity contribution in [2.45, 2.75) is 10.6 Å². The van der Waals surface area contributed by atoms with Crippen molar-refractivity contribution in [1.82, 2.24) is 0 Å². The largest absolute Gasteiger partial charge is 0.496 e. The molecule has 0 saturated carbocycles. The van der Waals surface area contributed by atoms with Crippen LogP contribution in [0.15, 0.2) is 47.4 Å². The maximum absolute atomic E-state index is 12.4. The van der Waals surface area contributed by atoms with E-state index in [0.717, 1.165) is 0 Å². The third-order valence-electron chi connectivity index (χ3n) is 2.93. The highest BCUT2D eigenvalue weighted by Crippen LogP contribution is 2.27. The summed E-state index contributed by atoms with van der Waals surface area (Å²) in [6.45, 7) is 0. The molecule has 2 rings (SSSR count). The number of nitrogens with two attached hydrogens (primary N) is 1. The monoisotopic (exact) mass is 306 g/mol. The van der Waals surface area contributed by atoms with Crippen LogP contribution in [0.4, 0.5) is 11.4 Å². The number of benzene rings is 2. The standard InChI is InChI=1S/C14H14N2O4S/c1-20-13-7-6-11(16(17)18)8-10(13)9-21(19)14-5-3-2-4-12(14)15/h2-8H,9,15H2,1H3. The number of methoxy groups -OCH3 is 1. The lowest BCUT2D eigenvalue weighted by Gasteiger charge is -2.09. The van der Waals surface area contributed by atoms with Gasteiger partial charge in [0.1, 0.15) is 5.75 Å². The first kappa shape index (κ1) is 15.0. The quantitative estimate of drug-likeness (QED) is 0.520. The van der Waals surface area contributed by atoms with Gasteiger partial charge in [-0.2, -0.15) is 0 Å². The summed E-state index contributed by atoms with van der Waals surface area (Å²) in [6.07, 6.45) is 0. The van der Waals surface area contributed by atoms with Gasteiger partial charge in [-0.05, 0) is 18.2 Å². The highest BCUT2D eigenvalue weighted by Gasteiger charge is 2.15. The molecule has 0 amide bonds. The summed E-state index contributed by atoms with van der Waals surface area (Å²) in [7, 11) is 0.0558. The number of nitro groups is 1. The molecule has 0 radical (unpaired) electrons. The minimum Gasteiger partial charge on any atom is -0.496 e. The summed E-state index contributed by atoms with van der Waals surface area (Å²) in [5.74, 6) is 0.558. The Morgan fingerprint density at radius 2 is 2.00 bits per heavy atom. The van der Waals surface area contributed by atoms with Gasteiger partial charge in [-0.15, -0.1) is 0 Å². The van der Waals surface area contributed by atoms with E-state index in [0.29, 0.717) is 21.9 Å². The Morgan fingerprint density at radius 3 is 2.62 bits per heavy atom. The fourth-order valence-electron chi connectivity index (χ4n) is 1.90. The second-order valence-corrected chi connectivity index (χ2v) is 5.70. The van der Waals surface area contributed by atoms with Crippen molar-refractivity contribution < 1.29 is 13.9 Å². The van der Waals surface area contributed by atoms with E-state index in [1.165, 1.54) is 25.3 Å². The Balaban J connectivity index is 2.34. The summed E-state index contributed by atoms with van der Waals surface area (Å²) < 4.78 is 17.5. The molecule has 1 atom stereocenters. The van der Waals surface area contributed by atoms with Crippen molar-refractivity contribution in [2.75, 3.05) is 12.8 Å². The number of nitrogens with zero attached hydrogens (tertiary/aromatic N) is 1. The average molecular weight is 306 g/mol. The number of nitrogen functional groups attached to an aromatic ring is 1. The highest BCUT2D eigenvalue weighted by atomic mass is 32.2. The van der Waals surface area contributed by atoms with E-state index in [1.807, 2.05) is 0 Å². The van der Waals surface area contributed by atoms with Gasteiger partial charge in [0.2, 0.25) is 0 Å². The second kappa shape index (κ2) is 6.36. The summed E-state index contributed by atoms with van der Waals surface area (Å²) >= 11 is 0. The number of non-ortho nitro benzene ring substituents is 1. The fraction of sp³-hybridized carbons (Fsp3) is 0.143. The molecule has 0 bridgehead atoms. The summed E-state index contributed by atoms with van der Waals surface area (Å²) in [4.78, 5) is 10.8. The van der Waals surface area contributed by atoms with Crippen LogP contribution in [0.5, 0.6) is 5.75 Å². The molecule has 2 N–H and O–H groups in total. The van der Waals surface area contributed by atoms with Crippen molar-refractivity contribution in [3.63, 3.8) is 0 Å². The van der Waals surface area contributed by atoms with Crippen LogP contribution in [-0.4, -0.2) is 16.2 Å². The molecule has 2 aromatic carbocycles. The van der Waals surface area contributed by atoms with E-state index in [2.05, 4.69) is 0 Å². The minimum atomic E-state index is -1.41. The van der Waals surface area contributed by atoms with Crippen molar-refractivity contribution in [2.24, 2.45) is 0 Å². The molecule has 110 valence electrons. The van der Waals surface area contributed by atoms with E-state index in [4.69, 9.17) is 10.5 Å². The number of para-hydroxylation sites is 1. The molecular formula is C14H14N2O4S. The van der Waals surface area contributed by atoms with Crippen LogP contribution in [0.25, 0.3) is 0 Å². The Hall–Kier alpha value is -2.41. The van der Waals surface area contributed by atoms with Gasteiger partial charge in [0.25, 0.3) is 5.69 Å². The van der Waals surface area contributed by atoms with Crippen LogP contribution in [-0.2, 0) is 16.6 Å². The van der Waals surface area contributed by atoms with Gasteiger partial charge in [0, 0.05) is 23.4 Å². The molecular weight excluding hydrogens is 292 g/mol. The van der Waals surface area contributed by atoms with E-state index in [1.54, 1.807) is 24.3 Å². The van der Waals surface area contributed by atoms with E-state index in [-0.39, 0.29) is 11.4 Å². The number of ether oxygens (including phenoxy) is 1. The van der Waals surface area contributed by atoms with Crippen LogP contribution in [0.1, 0.15) is 5.56 Å². The molecule has 0 aliphatic carbocycles. The van der Waals surface area contributed by atoms with E-state index < -0.39 is 15.7 Å². The van der Waals surface area contributed by atoms with Crippen LogP contribution < -0.4 is 10.5 Å². The molecule has 7 heteroatoms. The number of rotatable bonds is 5. The van der Waals surface area contributed by atoms with Crippen LogP contribution in [0, 0.1) is 10.1 Å². The summed E-state index contributed by atoms with van der Waals surface area (Å²) in [5, 5.41) is 10.8. The third-order valence-corrected chi connectivity index (χ3v) is 4.36. The van der Waals surface area contributed by atoms with Gasteiger partial charge in [-0.25, -0.2) is 0 Å². The second-order valence-electron chi connectivity index (χ2n) is 4.28. The van der Waals surface area contributed by atoms with Crippen LogP contribution in [0.3, 0.4) is 0 Å². The van der Waals surface area contributed by atoms with E-state index >= 15 is 0 Å². The van der Waals surface area contributed by atoms with Gasteiger partial charge in [0.05, 0.1) is 33.5 Å². The fourth-order valence-corrected chi connectivity index (χ4v) is 3.12. The molecule has 0 aliphatic rings. The SMILES string of the molecule is COc1ccc([N+](=O)[O-])cc1CS(=O)c1ccccc1N. The Labute approximate surface area is 124 Å². The van der Waals surface area contributed by atoms with E-state index in [9.17, 15) is 14.3 Å². The van der Waals surface area contributed by atoms with Gasteiger partial charge in [-0.3, -0.25) is 14.3 Å². The Kier molecular flexibility index (Phi) is 4.54. The Morgan fingerprint density at radius 1 is 1.29 bits per heavy atom. The maximum Gasteiger partial charge on any atom is 0.270 e. The zero-order valence-corrected chi connectivity index (χ0v) is 12.1. The lowest BCUT2D eigenvalue weighted by molar-refractivity contribution is -0.384. The molecule has 21 heavy (non-hydrogen) atoms. The molecule has 0 heterocycles. The topological polar surface area (TPSA) is 95.5 Å². The van der Waals surface area contributed by atoms with Crippen LogP contribution in [0.2, 0.25) is 0 Å². The highest BCUT2D eigenvalue weighted by molar-refractivity contribution is 7.84. The molecule has 0 saturated heterocycles. The predicted molar refractivity (Wildman–Crippen MR) is 80.6 cm³/mol. The number of nitro benzene ring substituents is 1. The van der Waals surface area contributed by atoms with Gasteiger partial charge in [0.15, 0.2) is 0 Å². The molecule has 0 fully saturated rings. The first-order valence-electron chi connectivity index (χ1n) is 6.07. The third kappa shape index (κ3) is 3.38. The minimum absolute atomic E-state index is 0.0659. The molecule has 6 nitrogen and oxygen atoms in total. The summed E-state index contributed by atoms with van der Waals surface area (Å²) in [5.41, 5.74) is 6.66. The average Bonchev–Trinajstić information content (AvgIpc) is 2.47. The first-order valence-corrected chi connectivity index (χ1v) is 7.39. The Bertz CT molecular complexity index is 703. The van der Waals surface area contributed by atoms with Crippen molar-refractivity contribution in [3.05, 3.63) is 58.1 Å². The predicted octanol–water partition coefficient (Wildman–Crippen LogP) is 2.49. The lowest BCUT2D eigenvalue weighted by atomic mass is 10.2. The number of hydrogen-bond donors (Lipinski definition) is 1. The zero-order valence-electron chi connectivity index (χ0n) is 11.3. The van der Waals surface area contributed by atoms with Crippen LogP contribution >= 0.6 is 0 Å². The molecule has 0 aliphatic heterocycles. The summed E-state index contributed by atoms with van der Waals surface area (Å²) in [6, 6.07) is 11.1. The molecule has 0 aromatic heterocycles. The van der Waals surface area contributed by atoms with Gasteiger partial charge in [-0.1, -0.05) is 12.1 Å². The molecule has 2 aromatic rings. The smallest absolute Gasteiger partial charge is 0.270 e. The number of anilines is 1. The zero-order chi connectivity index (χ0) is 15.4. The number of hydrogen-bond acceptors (Lipinski definition) is 5.